The van der Waals surface area contributed by atoms with Gasteiger partial charge in [-0.1, -0.05) is 0 Å². The van der Waals surface area contributed by atoms with Gasteiger partial charge in [-0.15, -0.1) is 0 Å². The van der Waals surface area contributed by atoms with Crippen molar-refractivity contribution in [2.75, 3.05) is 0 Å². The van der Waals surface area contributed by atoms with Crippen LogP contribution in [0.25, 0.3) is 0 Å². The van der Waals surface area contributed by atoms with Gasteiger partial charge in [0.05, 0.1) is 6.10 Å². The first-order valence-electron chi connectivity index (χ1n) is 4.85. The maximum atomic E-state index is 11.7. The molecule has 1 aromatic heterocycles. The van der Waals surface area contributed by atoms with Crippen molar-refractivity contribution in [3.05, 3.63) is 33.7 Å². The van der Waals surface area contributed by atoms with Crippen LogP contribution in [-0.2, 0) is 6.54 Å². The monoisotopic (exact) mass is 206 g/mol. The Labute approximate surface area is 88.4 Å². The highest BCUT2D eigenvalue weighted by Gasteiger charge is 2.06. The number of aliphatic hydroxyl groups is 1. The molecular formula is C11H14N2O2. The van der Waals surface area contributed by atoms with E-state index in [0.29, 0.717) is 13.0 Å². The highest BCUT2D eigenvalue weighted by Crippen LogP contribution is 2.00. The lowest BCUT2D eigenvalue weighted by Gasteiger charge is -2.10. The minimum absolute atomic E-state index is 0.145. The molecule has 1 rings (SSSR count). The van der Waals surface area contributed by atoms with Crippen molar-refractivity contribution in [3.63, 3.8) is 0 Å². The molecule has 0 fully saturated rings. The average Bonchev–Trinajstić information content (AvgIpc) is 2.17. The van der Waals surface area contributed by atoms with Crippen LogP contribution in [0.2, 0.25) is 0 Å². The molecule has 0 saturated carbocycles. The first-order valence-corrected chi connectivity index (χ1v) is 4.85. The highest BCUT2D eigenvalue weighted by molar-refractivity contribution is 5.27. The molecule has 0 saturated heterocycles. The van der Waals surface area contributed by atoms with Crippen LogP contribution in [0.15, 0.2) is 16.9 Å². The zero-order valence-corrected chi connectivity index (χ0v) is 8.90. The molecule has 0 aliphatic carbocycles. The average molecular weight is 206 g/mol. The lowest BCUT2D eigenvalue weighted by Crippen LogP contribution is -2.25. The SMILES string of the molecule is Cc1ccc(C#N)c(=O)n1CCC(C)O. The summed E-state index contributed by atoms with van der Waals surface area (Å²) in [6, 6.07) is 5.12. The van der Waals surface area contributed by atoms with Crippen molar-refractivity contribution in [2.24, 2.45) is 0 Å². The number of nitriles is 1. The minimum atomic E-state index is -0.443. The van der Waals surface area contributed by atoms with E-state index in [4.69, 9.17) is 10.4 Å². The van der Waals surface area contributed by atoms with E-state index < -0.39 is 6.10 Å². The zero-order chi connectivity index (χ0) is 11.4. The molecule has 1 unspecified atom stereocenters. The van der Waals surface area contributed by atoms with Crippen LogP contribution >= 0.6 is 0 Å². The van der Waals surface area contributed by atoms with Gasteiger partial charge in [0.15, 0.2) is 0 Å². The Morgan fingerprint density at radius 1 is 1.60 bits per heavy atom. The van der Waals surface area contributed by atoms with E-state index in [1.54, 1.807) is 13.0 Å². The highest BCUT2D eigenvalue weighted by atomic mass is 16.3. The van der Waals surface area contributed by atoms with Gasteiger partial charge in [0, 0.05) is 12.2 Å². The van der Waals surface area contributed by atoms with E-state index in [9.17, 15) is 4.79 Å². The number of hydrogen-bond acceptors (Lipinski definition) is 3. The molecule has 1 aromatic rings. The smallest absolute Gasteiger partial charge is 0.268 e. The van der Waals surface area contributed by atoms with Gasteiger partial charge < -0.3 is 9.67 Å². The van der Waals surface area contributed by atoms with Gasteiger partial charge >= 0.3 is 0 Å². The van der Waals surface area contributed by atoms with E-state index in [1.807, 2.05) is 13.0 Å². The van der Waals surface area contributed by atoms with E-state index >= 15 is 0 Å². The predicted octanol–water partition coefficient (Wildman–Crippen LogP) is 0.799. The van der Waals surface area contributed by atoms with Crippen molar-refractivity contribution < 1.29 is 5.11 Å². The summed E-state index contributed by atoms with van der Waals surface area (Å²) in [5, 5.41) is 17.8. The molecule has 4 heteroatoms. The van der Waals surface area contributed by atoms with Crippen LogP contribution in [0.4, 0.5) is 0 Å². The number of pyridine rings is 1. The second-order valence-electron chi connectivity index (χ2n) is 3.59. The summed E-state index contributed by atoms with van der Waals surface area (Å²) in [5.41, 5.74) is 0.670. The molecule has 0 aromatic carbocycles. The second-order valence-corrected chi connectivity index (χ2v) is 3.59. The minimum Gasteiger partial charge on any atom is -0.393 e. The van der Waals surface area contributed by atoms with Crippen LogP contribution in [0, 0.1) is 18.3 Å². The zero-order valence-electron chi connectivity index (χ0n) is 8.90. The Morgan fingerprint density at radius 3 is 2.80 bits per heavy atom. The number of aliphatic hydroxyl groups excluding tert-OH is 1. The largest absolute Gasteiger partial charge is 0.393 e. The van der Waals surface area contributed by atoms with Crippen molar-refractivity contribution in [1.29, 1.82) is 5.26 Å². The molecule has 0 bridgehead atoms. The van der Waals surface area contributed by atoms with Crippen molar-refractivity contribution >= 4 is 0 Å². The van der Waals surface area contributed by atoms with Gasteiger partial charge in [-0.25, -0.2) is 0 Å². The standard InChI is InChI=1S/C11H14N2O2/c1-8-3-4-10(7-12)11(15)13(8)6-5-9(2)14/h3-4,9,14H,5-6H2,1-2H3. The summed E-state index contributed by atoms with van der Waals surface area (Å²) >= 11 is 0. The van der Waals surface area contributed by atoms with Crippen LogP contribution in [0.3, 0.4) is 0 Å². The molecule has 0 radical (unpaired) electrons. The maximum Gasteiger partial charge on any atom is 0.268 e. The first-order chi connectivity index (χ1) is 7.06. The summed E-state index contributed by atoms with van der Waals surface area (Å²) in [6.07, 6.45) is 0.0670. The summed E-state index contributed by atoms with van der Waals surface area (Å²) < 4.78 is 1.52. The molecule has 0 aliphatic rings. The molecule has 1 heterocycles. The molecule has 0 spiro atoms. The normalized spacial score (nSPS) is 12.1. The Bertz CT molecular complexity index is 441. The number of rotatable bonds is 3. The van der Waals surface area contributed by atoms with Crippen molar-refractivity contribution in [2.45, 2.75) is 32.9 Å². The lowest BCUT2D eigenvalue weighted by atomic mass is 10.2. The van der Waals surface area contributed by atoms with Gasteiger partial charge in [0.25, 0.3) is 5.56 Å². The van der Waals surface area contributed by atoms with Gasteiger partial charge in [-0.3, -0.25) is 4.79 Å². The number of aryl methyl sites for hydroxylation is 1. The first kappa shape index (κ1) is 11.5. The summed E-state index contributed by atoms with van der Waals surface area (Å²) in [5.74, 6) is 0. The van der Waals surface area contributed by atoms with Crippen LogP contribution in [0.1, 0.15) is 24.6 Å². The molecular weight excluding hydrogens is 192 g/mol. The van der Waals surface area contributed by atoms with Gasteiger partial charge in [-0.05, 0) is 32.4 Å². The lowest BCUT2D eigenvalue weighted by molar-refractivity contribution is 0.177. The Hall–Kier alpha value is -1.60. The predicted molar refractivity (Wildman–Crippen MR) is 56.5 cm³/mol. The third kappa shape index (κ3) is 2.67. The molecule has 0 aliphatic heterocycles. The third-order valence-electron chi connectivity index (χ3n) is 2.28. The molecule has 80 valence electrons. The van der Waals surface area contributed by atoms with E-state index in [-0.39, 0.29) is 11.1 Å². The Kier molecular flexibility index (Phi) is 3.64. The van der Waals surface area contributed by atoms with Crippen molar-refractivity contribution in [1.82, 2.24) is 4.57 Å². The third-order valence-corrected chi connectivity index (χ3v) is 2.28. The topological polar surface area (TPSA) is 66.0 Å². The number of aromatic nitrogens is 1. The summed E-state index contributed by atoms with van der Waals surface area (Å²) in [7, 11) is 0. The molecule has 15 heavy (non-hydrogen) atoms. The van der Waals surface area contributed by atoms with Gasteiger partial charge in [-0.2, -0.15) is 5.26 Å². The van der Waals surface area contributed by atoms with E-state index in [1.165, 1.54) is 10.6 Å². The fourth-order valence-electron chi connectivity index (χ4n) is 1.35. The van der Waals surface area contributed by atoms with Crippen molar-refractivity contribution in [3.8, 4) is 6.07 Å². The van der Waals surface area contributed by atoms with Crippen LogP contribution < -0.4 is 5.56 Å². The summed E-state index contributed by atoms with van der Waals surface area (Å²) in [4.78, 5) is 11.7. The Morgan fingerprint density at radius 2 is 2.27 bits per heavy atom. The second kappa shape index (κ2) is 4.76. The molecule has 1 atom stereocenters. The van der Waals surface area contributed by atoms with Crippen LogP contribution in [0.5, 0.6) is 0 Å². The maximum absolute atomic E-state index is 11.7. The quantitative estimate of drug-likeness (QED) is 0.795. The number of nitrogens with zero attached hydrogens (tertiary/aromatic N) is 2. The van der Waals surface area contributed by atoms with Gasteiger partial charge in [0.2, 0.25) is 0 Å². The fourth-order valence-corrected chi connectivity index (χ4v) is 1.35. The van der Waals surface area contributed by atoms with Gasteiger partial charge in [0.1, 0.15) is 11.6 Å². The van der Waals surface area contributed by atoms with E-state index in [2.05, 4.69) is 0 Å². The fraction of sp³-hybridized carbons (Fsp3) is 0.455. The molecule has 0 amide bonds. The Balaban J connectivity index is 3.06. The molecule has 1 N–H and O–H groups in total. The number of hydrogen-bond donors (Lipinski definition) is 1. The van der Waals surface area contributed by atoms with E-state index in [0.717, 1.165) is 5.69 Å². The molecule has 4 nitrogen and oxygen atoms in total. The summed E-state index contributed by atoms with van der Waals surface area (Å²) in [6.45, 7) is 3.93. The van der Waals surface area contributed by atoms with Crippen LogP contribution in [-0.4, -0.2) is 15.8 Å².